The molecule has 0 aromatic heterocycles. The van der Waals surface area contributed by atoms with Gasteiger partial charge in [-0.1, -0.05) is 11.6 Å². The number of nitrogens with one attached hydrogen (secondary N) is 1. The molecule has 4 heteroatoms. The van der Waals surface area contributed by atoms with Gasteiger partial charge in [-0.05, 0) is 24.3 Å². The molecule has 1 N–H and O–H groups in total. The van der Waals surface area contributed by atoms with Crippen molar-refractivity contribution in [1.82, 2.24) is 5.32 Å². The van der Waals surface area contributed by atoms with Crippen molar-refractivity contribution in [3.05, 3.63) is 29.3 Å². The van der Waals surface area contributed by atoms with Gasteiger partial charge in [0.05, 0.1) is 6.54 Å². The molecule has 0 bridgehead atoms. The van der Waals surface area contributed by atoms with Crippen molar-refractivity contribution in [2.75, 3.05) is 13.2 Å². The van der Waals surface area contributed by atoms with Crippen LogP contribution in [-0.4, -0.2) is 19.6 Å². The van der Waals surface area contributed by atoms with Crippen molar-refractivity contribution in [1.29, 1.82) is 0 Å². The van der Waals surface area contributed by atoms with Crippen LogP contribution >= 0.6 is 11.6 Å². The number of amides is 1. The number of benzene rings is 1. The SMILES string of the molecule is O=[C]NCCOc1ccc(Cl)cc1. The van der Waals surface area contributed by atoms with Crippen molar-refractivity contribution in [3.8, 4) is 5.75 Å². The summed E-state index contributed by atoms with van der Waals surface area (Å²) in [5.74, 6) is 0.733. The van der Waals surface area contributed by atoms with Gasteiger partial charge in [0.25, 0.3) is 0 Å². The van der Waals surface area contributed by atoms with Crippen LogP contribution in [0.2, 0.25) is 5.02 Å². The highest BCUT2D eigenvalue weighted by molar-refractivity contribution is 6.30. The number of hydrogen-bond acceptors (Lipinski definition) is 2. The van der Waals surface area contributed by atoms with E-state index in [1.165, 1.54) is 0 Å². The third kappa shape index (κ3) is 3.80. The molecule has 3 nitrogen and oxygen atoms in total. The van der Waals surface area contributed by atoms with E-state index in [4.69, 9.17) is 16.3 Å². The second-order valence-corrected chi connectivity index (χ2v) is 2.77. The van der Waals surface area contributed by atoms with Gasteiger partial charge in [-0.2, -0.15) is 0 Å². The van der Waals surface area contributed by atoms with E-state index in [-0.39, 0.29) is 0 Å². The number of rotatable bonds is 5. The van der Waals surface area contributed by atoms with Crippen LogP contribution < -0.4 is 10.1 Å². The quantitative estimate of drug-likeness (QED) is 0.574. The third-order valence-electron chi connectivity index (χ3n) is 1.38. The Kier molecular flexibility index (Phi) is 4.12. The summed E-state index contributed by atoms with van der Waals surface area (Å²) in [5.41, 5.74) is 0. The topological polar surface area (TPSA) is 38.3 Å². The van der Waals surface area contributed by atoms with Crippen molar-refractivity contribution in [2.45, 2.75) is 0 Å². The Balaban J connectivity index is 2.28. The first-order valence-electron chi connectivity index (χ1n) is 3.81. The Morgan fingerprint density at radius 1 is 1.38 bits per heavy atom. The third-order valence-corrected chi connectivity index (χ3v) is 1.63. The standard InChI is InChI=1S/C9H9ClNO2/c10-8-1-3-9(4-2-8)13-6-5-11-7-12/h1-4H,5-6H2,(H,11,12). The maximum absolute atomic E-state index is 9.75. The van der Waals surface area contributed by atoms with E-state index in [1.54, 1.807) is 30.7 Å². The minimum Gasteiger partial charge on any atom is -0.492 e. The molecule has 0 aliphatic heterocycles. The molecule has 0 saturated carbocycles. The average molecular weight is 199 g/mol. The zero-order valence-electron chi connectivity index (χ0n) is 6.92. The summed E-state index contributed by atoms with van der Waals surface area (Å²) in [6.45, 7) is 0.878. The number of halogens is 1. The van der Waals surface area contributed by atoms with Crippen LogP contribution in [0.1, 0.15) is 0 Å². The van der Waals surface area contributed by atoms with Crippen LogP contribution in [0.25, 0.3) is 0 Å². The molecule has 0 saturated heterocycles. The summed E-state index contributed by atoms with van der Waals surface area (Å²) in [6, 6.07) is 7.03. The van der Waals surface area contributed by atoms with Crippen molar-refractivity contribution < 1.29 is 9.53 Å². The molecule has 1 radical (unpaired) electrons. The second kappa shape index (κ2) is 5.43. The Bertz CT molecular complexity index is 261. The normalized spacial score (nSPS) is 9.31. The first-order chi connectivity index (χ1) is 6.33. The first kappa shape index (κ1) is 9.86. The highest BCUT2D eigenvalue weighted by atomic mass is 35.5. The molecule has 0 atom stereocenters. The molecule has 1 rings (SSSR count). The highest BCUT2D eigenvalue weighted by Gasteiger charge is 1.92. The van der Waals surface area contributed by atoms with Crippen LogP contribution in [0.4, 0.5) is 0 Å². The van der Waals surface area contributed by atoms with Crippen LogP contribution in [0.3, 0.4) is 0 Å². The van der Waals surface area contributed by atoms with Crippen molar-refractivity contribution >= 4 is 18.0 Å². The van der Waals surface area contributed by atoms with Crippen LogP contribution in [0.15, 0.2) is 24.3 Å². The second-order valence-electron chi connectivity index (χ2n) is 2.33. The van der Waals surface area contributed by atoms with E-state index in [9.17, 15) is 4.79 Å². The Labute approximate surface area is 81.7 Å². The molecule has 0 fully saturated rings. The largest absolute Gasteiger partial charge is 0.492 e. The minimum absolute atomic E-state index is 0.427. The summed E-state index contributed by atoms with van der Waals surface area (Å²) in [5, 5.41) is 3.05. The summed E-state index contributed by atoms with van der Waals surface area (Å²) in [6.07, 6.45) is 1.56. The lowest BCUT2D eigenvalue weighted by Gasteiger charge is -2.04. The van der Waals surface area contributed by atoms with Gasteiger partial charge in [0.15, 0.2) is 0 Å². The molecule has 0 aliphatic carbocycles. The van der Waals surface area contributed by atoms with E-state index < -0.39 is 0 Å². The highest BCUT2D eigenvalue weighted by Crippen LogP contribution is 2.14. The summed E-state index contributed by atoms with van der Waals surface area (Å²) < 4.78 is 5.26. The maximum atomic E-state index is 9.75. The van der Waals surface area contributed by atoms with E-state index in [0.29, 0.717) is 18.2 Å². The van der Waals surface area contributed by atoms with Crippen LogP contribution in [0, 0.1) is 0 Å². The van der Waals surface area contributed by atoms with Gasteiger partial charge in [0, 0.05) is 5.02 Å². The Morgan fingerprint density at radius 2 is 2.08 bits per heavy atom. The summed E-state index contributed by atoms with van der Waals surface area (Å²) in [7, 11) is 0. The first-order valence-corrected chi connectivity index (χ1v) is 4.19. The van der Waals surface area contributed by atoms with Gasteiger partial charge in [0.1, 0.15) is 12.4 Å². The lowest BCUT2D eigenvalue weighted by molar-refractivity contribution is 0.321. The van der Waals surface area contributed by atoms with E-state index in [0.717, 1.165) is 5.75 Å². The molecule has 0 heterocycles. The van der Waals surface area contributed by atoms with Gasteiger partial charge in [-0.25, -0.2) is 0 Å². The number of carbonyl (C=O) groups excluding carboxylic acids is 1. The smallest absolute Gasteiger partial charge is 0.309 e. The molecule has 13 heavy (non-hydrogen) atoms. The van der Waals surface area contributed by atoms with E-state index >= 15 is 0 Å². The fourth-order valence-electron chi connectivity index (χ4n) is 0.802. The predicted octanol–water partition coefficient (Wildman–Crippen LogP) is 1.38. The molecule has 69 valence electrons. The monoisotopic (exact) mass is 198 g/mol. The molecule has 0 aliphatic rings. The summed E-state index contributed by atoms with van der Waals surface area (Å²) in [4.78, 5) is 9.75. The van der Waals surface area contributed by atoms with E-state index in [1.807, 2.05) is 0 Å². The predicted molar refractivity (Wildman–Crippen MR) is 50.6 cm³/mol. The van der Waals surface area contributed by atoms with Gasteiger partial charge in [-0.3, -0.25) is 4.79 Å². The lowest BCUT2D eigenvalue weighted by atomic mass is 10.3. The molecular formula is C9H9ClNO2. The van der Waals surface area contributed by atoms with Gasteiger partial charge < -0.3 is 10.1 Å². The van der Waals surface area contributed by atoms with E-state index in [2.05, 4.69) is 5.32 Å². The van der Waals surface area contributed by atoms with Gasteiger partial charge in [0.2, 0.25) is 0 Å². The number of hydrogen-bond donors (Lipinski definition) is 1. The zero-order chi connectivity index (χ0) is 9.52. The molecular weight excluding hydrogens is 190 g/mol. The van der Waals surface area contributed by atoms with Gasteiger partial charge in [-0.15, -0.1) is 0 Å². The van der Waals surface area contributed by atoms with Gasteiger partial charge >= 0.3 is 6.41 Å². The van der Waals surface area contributed by atoms with Crippen LogP contribution in [0.5, 0.6) is 5.75 Å². The minimum atomic E-state index is 0.427. The molecule has 1 aromatic carbocycles. The Hall–Kier alpha value is -1.22. The average Bonchev–Trinajstić information content (AvgIpc) is 2.15. The summed E-state index contributed by atoms with van der Waals surface area (Å²) >= 11 is 5.68. The van der Waals surface area contributed by atoms with Crippen molar-refractivity contribution in [2.24, 2.45) is 0 Å². The zero-order valence-corrected chi connectivity index (χ0v) is 7.67. The lowest BCUT2D eigenvalue weighted by Crippen LogP contribution is -2.18. The fraction of sp³-hybridized carbons (Fsp3) is 0.222. The van der Waals surface area contributed by atoms with Crippen LogP contribution in [-0.2, 0) is 4.79 Å². The Morgan fingerprint density at radius 3 is 2.69 bits per heavy atom. The molecule has 0 unspecified atom stereocenters. The number of ether oxygens (including phenoxy) is 1. The molecule has 1 aromatic rings. The fourth-order valence-corrected chi connectivity index (χ4v) is 0.928. The van der Waals surface area contributed by atoms with Crippen molar-refractivity contribution in [3.63, 3.8) is 0 Å². The maximum Gasteiger partial charge on any atom is 0.309 e. The molecule has 1 amide bonds. The molecule has 0 spiro atoms.